The Hall–Kier alpha value is -1.38. The smallest absolute Gasteiger partial charge is 0.254 e. The third-order valence-corrected chi connectivity index (χ3v) is 2.88. The van der Waals surface area contributed by atoms with Gasteiger partial charge in [0, 0.05) is 12.0 Å². The van der Waals surface area contributed by atoms with Gasteiger partial charge in [-0.2, -0.15) is 0 Å². The van der Waals surface area contributed by atoms with Crippen LogP contribution in [-0.4, -0.2) is 12.5 Å². The van der Waals surface area contributed by atoms with Crippen molar-refractivity contribution in [3.8, 4) is 0 Å². The van der Waals surface area contributed by atoms with E-state index in [2.05, 4.69) is 5.32 Å². The second-order valence-corrected chi connectivity index (χ2v) is 4.74. The largest absolute Gasteiger partial charge is 0.351 e. The van der Waals surface area contributed by atoms with E-state index in [1.54, 1.807) is 0 Å². The topological polar surface area (TPSA) is 29.1 Å². The molecule has 0 spiro atoms. The summed E-state index contributed by atoms with van der Waals surface area (Å²) in [5.41, 5.74) is 1.67. The van der Waals surface area contributed by atoms with Gasteiger partial charge in [0.1, 0.15) is 5.82 Å². The second-order valence-electron chi connectivity index (χ2n) is 4.74. The number of carbonyl (C=O) groups excluding carboxylic acids is 1. The first-order valence-electron chi connectivity index (χ1n) is 5.00. The van der Waals surface area contributed by atoms with Crippen LogP contribution in [0.4, 0.5) is 4.39 Å². The molecular weight excluding hydrogens is 193 g/mol. The zero-order valence-corrected chi connectivity index (χ0v) is 9.15. The Bertz CT molecular complexity index is 437. The van der Waals surface area contributed by atoms with Crippen molar-refractivity contribution in [2.75, 3.05) is 6.54 Å². The maximum absolute atomic E-state index is 13.7. The number of amides is 1. The van der Waals surface area contributed by atoms with Crippen molar-refractivity contribution in [1.29, 1.82) is 0 Å². The third-order valence-electron chi connectivity index (χ3n) is 2.88. The Morgan fingerprint density at radius 2 is 2.07 bits per heavy atom. The number of benzene rings is 1. The molecule has 15 heavy (non-hydrogen) atoms. The molecule has 0 saturated heterocycles. The summed E-state index contributed by atoms with van der Waals surface area (Å²) in [6.45, 7) is 6.40. The summed E-state index contributed by atoms with van der Waals surface area (Å²) in [7, 11) is 0. The molecule has 0 unspecified atom stereocenters. The van der Waals surface area contributed by atoms with Crippen molar-refractivity contribution in [2.24, 2.45) is 0 Å². The number of carbonyl (C=O) groups is 1. The molecule has 3 heteroatoms. The highest BCUT2D eigenvalue weighted by Gasteiger charge is 2.33. The van der Waals surface area contributed by atoms with Crippen LogP contribution in [0.25, 0.3) is 0 Å². The van der Waals surface area contributed by atoms with Crippen molar-refractivity contribution in [3.05, 3.63) is 34.6 Å². The molecule has 1 amide bonds. The minimum Gasteiger partial charge on any atom is -0.351 e. The molecule has 1 aliphatic heterocycles. The summed E-state index contributed by atoms with van der Waals surface area (Å²) in [6, 6.07) is 3.30. The van der Waals surface area contributed by atoms with Gasteiger partial charge < -0.3 is 5.32 Å². The van der Waals surface area contributed by atoms with Crippen LogP contribution in [0.15, 0.2) is 12.1 Å². The Balaban J connectivity index is 2.73. The lowest BCUT2D eigenvalue weighted by Gasteiger charge is -2.32. The molecule has 0 aromatic heterocycles. The van der Waals surface area contributed by atoms with Crippen LogP contribution in [0.5, 0.6) is 0 Å². The molecule has 0 bridgehead atoms. The Morgan fingerprint density at radius 1 is 1.40 bits per heavy atom. The molecule has 1 aliphatic rings. The van der Waals surface area contributed by atoms with Crippen LogP contribution in [0, 0.1) is 12.7 Å². The monoisotopic (exact) mass is 207 g/mol. The van der Waals surface area contributed by atoms with Crippen LogP contribution in [-0.2, 0) is 5.41 Å². The number of fused-ring (bicyclic) bond motifs is 1. The number of rotatable bonds is 0. The van der Waals surface area contributed by atoms with E-state index in [1.807, 2.05) is 26.8 Å². The molecular formula is C12H14FNO. The Morgan fingerprint density at radius 3 is 2.73 bits per heavy atom. The molecule has 0 aliphatic carbocycles. The number of halogens is 1. The summed E-state index contributed by atoms with van der Waals surface area (Å²) in [5.74, 6) is -0.725. The molecule has 1 aromatic rings. The maximum Gasteiger partial charge on any atom is 0.254 e. The van der Waals surface area contributed by atoms with Crippen LogP contribution >= 0.6 is 0 Å². The van der Waals surface area contributed by atoms with Crippen LogP contribution in [0.2, 0.25) is 0 Å². The van der Waals surface area contributed by atoms with E-state index in [0.29, 0.717) is 6.54 Å². The molecule has 80 valence electrons. The van der Waals surface area contributed by atoms with E-state index in [-0.39, 0.29) is 16.9 Å². The van der Waals surface area contributed by atoms with E-state index in [9.17, 15) is 9.18 Å². The summed E-state index contributed by atoms with van der Waals surface area (Å²) >= 11 is 0. The standard InChI is InChI=1S/C12H14FNO/c1-7-4-8-10(9(13)5-7)11(15)14-6-12(8,2)3/h4-5H,6H2,1-3H3,(H,14,15). The highest BCUT2D eigenvalue weighted by Crippen LogP contribution is 2.31. The lowest BCUT2D eigenvalue weighted by Crippen LogP contribution is -2.44. The van der Waals surface area contributed by atoms with Gasteiger partial charge in [-0.3, -0.25) is 4.79 Å². The predicted octanol–water partition coefficient (Wildman–Crippen LogP) is 2.16. The fraction of sp³-hybridized carbons (Fsp3) is 0.417. The lowest BCUT2D eigenvalue weighted by molar-refractivity contribution is 0.0925. The van der Waals surface area contributed by atoms with Gasteiger partial charge in [0.05, 0.1) is 5.56 Å². The van der Waals surface area contributed by atoms with Crippen molar-refractivity contribution in [3.63, 3.8) is 0 Å². The average Bonchev–Trinajstić information content (AvgIpc) is 2.11. The van der Waals surface area contributed by atoms with E-state index in [0.717, 1.165) is 11.1 Å². The van der Waals surface area contributed by atoms with Gasteiger partial charge in [-0.25, -0.2) is 4.39 Å². The highest BCUT2D eigenvalue weighted by atomic mass is 19.1. The molecule has 0 atom stereocenters. The Kier molecular flexibility index (Phi) is 2.07. The molecule has 1 aromatic carbocycles. The molecule has 1 heterocycles. The van der Waals surface area contributed by atoms with Gasteiger partial charge in [0.2, 0.25) is 0 Å². The van der Waals surface area contributed by atoms with E-state index in [1.165, 1.54) is 6.07 Å². The highest BCUT2D eigenvalue weighted by molar-refractivity contribution is 5.97. The van der Waals surface area contributed by atoms with Gasteiger partial charge >= 0.3 is 0 Å². The number of hydrogen-bond donors (Lipinski definition) is 1. The third kappa shape index (κ3) is 1.52. The first kappa shape index (κ1) is 10.1. The van der Waals surface area contributed by atoms with Gasteiger partial charge in [0.15, 0.2) is 0 Å². The van der Waals surface area contributed by atoms with Crippen LogP contribution < -0.4 is 5.32 Å². The minimum atomic E-state index is -0.421. The van der Waals surface area contributed by atoms with Gasteiger partial charge in [-0.1, -0.05) is 19.9 Å². The van der Waals surface area contributed by atoms with E-state index >= 15 is 0 Å². The fourth-order valence-electron chi connectivity index (χ4n) is 1.99. The van der Waals surface area contributed by atoms with E-state index in [4.69, 9.17) is 0 Å². The molecule has 0 saturated carbocycles. The fourth-order valence-corrected chi connectivity index (χ4v) is 1.99. The first-order chi connectivity index (χ1) is 6.92. The maximum atomic E-state index is 13.7. The van der Waals surface area contributed by atoms with Gasteiger partial charge in [0.25, 0.3) is 5.91 Å². The molecule has 1 N–H and O–H groups in total. The van der Waals surface area contributed by atoms with Gasteiger partial charge in [-0.05, 0) is 24.1 Å². The van der Waals surface area contributed by atoms with Gasteiger partial charge in [-0.15, -0.1) is 0 Å². The molecule has 0 fully saturated rings. The quantitative estimate of drug-likeness (QED) is 0.694. The van der Waals surface area contributed by atoms with Crippen molar-refractivity contribution < 1.29 is 9.18 Å². The first-order valence-corrected chi connectivity index (χ1v) is 5.00. The minimum absolute atomic E-state index is 0.198. The molecule has 2 rings (SSSR count). The zero-order valence-electron chi connectivity index (χ0n) is 9.15. The number of hydrogen-bond acceptors (Lipinski definition) is 1. The predicted molar refractivity (Wildman–Crippen MR) is 56.5 cm³/mol. The summed E-state index contributed by atoms with van der Waals surface area (Å²) in [6.07, 6.45) is 0. The summed E-state index contributed by atoms with van der Waals surface area (Å²) in [5, 5.41) is 2.71. The molecule has 2 nitrogen and oxygen atoms in total. The summed E-state index contributed by atoms with van der Waals surface area (Å²) in [4.78, 5) is 11.6. The SMILES string of the molecule is Cc1cc(F)c2c(c1)C(C)(C)CNC2=O. The number of aryl methyl sites for hydroxylation is 1. The van der Waals surface area contributed by atoms with Crippen molar-refractivity contribution in [2.45, 2.75) is 26.2 Å². The van der Waals surface area contributed by atoms with Crippen LogP contribution in [0.1, 0.15) is 35.3 Å². The summed E-state index contributed by atoms with van der Waals surface area (Å²) < 4.78 is 13.7. The van der Waals surface area contributed by atoms with Crippen molar-refractivity contribution >= 4 is 5.91 Å². The molecule has 0 radical (unpaired) electrons. The number of nitrogens with one attached hydrogen (secondary N) is 1. The lowest BCUT2D eigenvalue weighted by atomic mass is 9.78. The normalized spacial score (nSPS) is 18.3. The zero-order chi connectivity index (χ0) is 11.2. The van der Waals surface area contributed by atoms with E-state index < -0.39 is 5.82 Å². The second kappa shape index (κ2) is 3.05. The Labute approximate surface area is 88.5 Å². The average molecular weight is 207 g/mol. The van der Waals surface area contributed by atoms with Crippen LogP contribution in [0.3, 0.4) is 0 Å². The van der Waals surface area contributed by atoms with Crippen molar-refractivity contribution in [1.82, 2.24) is 5.32 Å².